The lowest BCUT2D eigenvalue weighted by atomic mass is 9.82. The van der Waals surface area contributed by atoms with Crippen LogP contribution in [0, 0.1) is 5.92 Å². The quantitative estimate of drug-likeness (QED) is 0.812. The number of benzene rings is 1. The van der Waals surface area contributed by atoms with Gasteiger partial charge in [0.1, 0.15) is 5.75 Å². The molecule has 2 rings (SSSR count). The topological polar surface area (TPSA) is 21.3 Å². The molecular weight excluding hydrogens is 246 g/mol. The lowest BCUT2D eigenvalue weighted by Crippen LogP contribution is -2.38. The van der Waals surface area contributed by atoms with Gasteiger partial charge in [-0.25, -0.2) is 0 Å². The first-order chi connectivity index (χ1) is 9.74. The van der Waals surface area contributed by atoms with Gasteiger partial charge < -0.3 is 10.1 Å². The fraction of sp³-hybridized carbons (Fsp3) is 0.667. The Morgan fingerprint density at radius 1 is 1.15 bits per heavy atom. The zero-order valence-electron chi connectivity index (χ0n) is 13.2. The molecule has 1 aliphatic rings. The summed E-state index contributed by atoms with van der Waals surface area (Å²) in [5, 5.41) is 3.85. The number of methoxy groups -OCH3 is 1. The Kier molecular flexibility index (Phi) is 5.90. The van der Waals surface area contributed by atoms with Gasteiger partial charge in [-0.15, -0.1) is 0 Å². The summed E-state index contributed by atoms with van der Waals surface area (Å²) in [6.45, 7) is 4.58. The molecular formula is C18H29NO. The first-order valence-corrected chi connectivity index (χ1v) is 8.14. The molecule has 2 atom stereocenters. The number of nitrogens with one attached hydrogen (secondary N) is 1. The van der Waals surface area contributed by atoms with Gasteiger partial charge in [0.05, 0.1) is 7.11 Å². The molecule has 2 unspecified atom stereocenters. The minimum absolute atomic E-state index is 0.410. The van der Waals surface area contributed by atoms with E-state index >= 15 is 0 Å². The van der Waals surface area contributed by atoms with Crippen LogP contribution in [0.15, 0.2) is 24.3 Å². The number of hydrogen-bond donors (Lipinski definition) is 1. The first kappa shape index (κ1) is 15.4. The summed E-state index contributed by atoms with van der Waals surface area (Å²) in [7, 11) is 1.72. The zero-order valence-corrected chi connectivity index (χ0v) is 13.2. The molecule has 112 valence electrons. The molecule has 2 nitrogen and oxygen atoms in total. The van der Waals surface area contributed by atoms with Crippen LogP contribution in [0.5, 0.6) is 5.75 Å². The molecule has 0 radical (unpaired) electrons. The number of ether oxygens (including phenoxy) is 1. The van der Waals surface area contributed by atoms with Crippen molar-refractivity contribution < 1.29 is 4.74 Å². The van der Waals surface area contributed by atoms with Gasteiger partial charge in [-0.1, -0.05) is 38.3 Å². The highest BCUT2D eigenvalue weighted by Gasteiger charge is 2.23. The van der Waals surface area contributed by atoms with Crippen LogP contribution in [0.1, 0.15) is 64.0 Å². The molecule has 2 heteroatoms. The predicted molar refractivity (Wildman–Crippen MR) is 85.2 cm³/mol. The van der Waals surface area contributed by atoms with Crippen LogP contribution in [0.2, 0.25) is 0 Å². The van der Waals surface area contributed by atoms with Crippen molar-refractivity contribution >= 4 is 0 Å². The monoisotopic (exact) mass is 275 g/mol. The molecule has 1 N–H and O–H groups in total. The van der Waals surface area contributed by atoms with Crippen molar-refractivity contribution in [3.63, 3.8) is 0 Å². The second kappa shape index (κ2) is 7.68. The highest BCUT2D eigenvalue weighted by molar-refractivity contribution is 5.28. The second-order valence-electron chi connectivity index (χ2n) is 6.07. The molecule has 0 bridgehead atoms. The Labute approximate surface area is 123 Å². The fourth-order valence-corrected chi connectivity index (χ4v) is 3.43. The van der Waals surface area contributed by atoms with Crippen LogP contribution in [-0.4, -0.2) is 13.2 Å². The normalized spacial score (nSPS) is 19.6. The summed E-state index contributed by atoms with van der Waals surface area (Å²) in [4.78, 5) is 0. The predicted octanol–water partition coefficient (Wildman–Crippen LogP) is 4.70. The Balaban J connectivity index is 1.94. The lowest BCUT2D eigenvalue weighted by molar-refractivity contribution is 0.249. The third kappa shape index (κ3) is 3.99. The van der Waals surface area contributed by atoms with Gasteiger partial charge in [-0.3, -0.25) is 0 Å². The Morgan fingerprint density at radius 2 is 1.80 bits per heavy atom. The molecule has 0 aliphatic heterocycles. The van der Waals surface area contributed by atoms with Gasteiger partial charge in [0.15, 0.2) is 0 Å². The highest BCUT2D eigenvalue weighted by atomic mass is 16.5. The second-order valence-corrected chi connectivity index (χ2v) is 6.07. The van der Waals surface area contributed by atoms with Crippen LogP contribution in [0.3, 0.4) is 0 Å². The van der Waals surface area contributed by atoms with E-state index in [4.69, 9.17) is 4.74 Å². The van der Waals surface area contributed by atoms with E-state index in [9.17, 15) is 0 Å². The van der Waals surface area contributed by atoms with Crippen LogP contribution in [-0.2, 0) is 0 Å². The molecule has 20 heavy (non-hydrogen) atoms. The van der Waals surface area contributed by atoms with E-state index < -0.39 is 0 Å². The van der Waals surface area contributed by atoms with E-state index in [2.05, 4.69) is 43.4 Å². The van der Waals surface area contributed by atoms with E-state index in [1.807, 2.05) is 0 Å². The van der Waals surface area contributed by atoms with Gasteiger partial charge in [0.25, 0.3) is 0 Å². The van der Waals surface area contributed by atoms with Crippen molar-refractivity contribution in [2.45, 2.75) is 64.5 Å². The molecule has 0 heterocycles. The van der Waals surface area contributed by atoms with Gasteiger partial charge in [0.2, 0.25) is 0 Å². The largest absolute Gasteiger partial charge is 0.497 e. The van der Waals surface area contributed by atoms with E-state index in [0.29, 0.717) is 12.1 Å². The fourth-order valence-electron chi connectivity index (χ4n) is 3.43. The SMILES string of the molecule is CCC(NC(C)c1ccc(OC)cc1)C1CCCCC1. The van der Waals surface area contributed by atoms with E-state index in [1.54, 1.807) is 7.11 Å². The van der Waals surface area contributed by atoms with E-state index in [1.165, 1.54) is 44.1 Å². The number of rotatable bonds is 6. The highest BCUT2D eigenvalue weighted by Crippen LogP contribution is 2.29. The molecule has 0 amide bonds. The van der Waals surface area contributed by atoms with Crippen molar-refractivity contribution in [2.24, 2.45) is 5.92 Å². The molecule has 1 fully saturated rings. The third-order valence-corrected chi connectivity index (χ3v) is 4.74. The van der Waals surface area contributed by atoms with Gasteiger partial charge in [-0.2, -0.15) is 0 Å². The lowest BCUT2D eigenvalue weighted by Gasteiger charge is -2.32. The maximum absolute atomic E-state index is 5.23. The summed E-state index contributed by atoms with van der Waals surface area (Å²) in [6.07, 6.45) is 8.30. The maximum atomic E-state index is 5.23. The smallest absolute Gasteiger partial charge is 0.118 e. The van der Waals surface area contributed by atoms with Crippen molar-refractivity contribution in [2.75, 3.05) is 7.11 Å². The van der Waals surface area contributed by atoms with E-state index in [0.717, 1.165) is 11.7 Å². The average molecular weight is 275 g/mol. The Hall–Kier alpha value is -1.02. The Morgan fingerprint density at radius 3 is 2.35 bits per heavy atom. The standard InChI is InChI=1S/C18H29NO/c1-4-18(16-8-6-5-7-9-16)19-14(2)15-10-12-17(20-3)13-11-15/h10-14,16,18-19H,4-9H2,1-3H3. The summed E-state index contributed by atoms with van der Waals surface area (Å²) >= 11 is 0. The number of hydrogen-bond acceptors (Lipinski definition) is 2. The van der Waals surface area contributed by atoms with Crippen LogP contribution < -0.4 is 10.1 Å². The van der Waals surface area contributed by atoms with Crippen molar-refractivity contribution in [3.05, 3.63) is 29.8 Å². The summed E-state index contributed by atoms with van der Waals surface area (Å²) in [5.74, 6) is 1.80. The molecule has 1 saturated carbocycles. The van der Waals surface area contributed by atoms with Crippen LogP contribution in [0.25, 0.3) is 0 Å². The molecule has 1 aromatic rings. The summed E-state index contributed by atoms with van der Waals surface area (Å²) in [6, 6.07) is 9.51. The minimum Gasteiger partial charge on any atom is -0.497 e. The van der Waals surface area contributed by atoms with Gasteiger partial charge in [0, 0.05) is 12.1 Å². The van der Waals surface area contributed by atoms with Gasteiger partial charge >= 0.3 is 0 Å². The molecule has 0 saturated heterocycles. The van der Waals surface area contributed by atoms with Crippen molar-refractivity contribution in [1.29, 1.82) is 0 Å². The van der Waals surface area contributed by atoms with Gasteiger partial charge in [-0.05, 0) is 49.8 Å². The molecule has 0 aromatic heterocycles. The van der Waals surface area contributed by atoms with Crippen molar-refractivity contribution in [3.8, 4) is 5.75 Å². The molecule has 1 aromatic carbocycles. The first-order valence-electron chi connectivity index (χ1n) is 8.14. The summed E-state index contributed by atoms with van der Waals surface area (Å²) < 4.78 is 5.23. The third-order valence-electron chi connectivity index (χ3n) is 4.74. The Bertz CT molecular complexity index is 381. The van der Waals surface area contributed by atoms with Crippen LogP contribution >= 0.6 is 0 Å². The van der Waals surface area contributed by atoms with Crippen molar-refractivity contribution in [1.82, 2.24) is 5.32 Å². The molecule has 1 aliphatic carbocycles. The molecule has 0 spiro atoms. The maximum Gasteiger partial charge on any atom is 0.118 e. The zero-order chi connectivity index (χ0) is 14.4. The average Bonchev–Trinajstić information content (AvgIpc) is 2.53. The van der Waals surface area contributed by atoms with E-state index in [-0.39, 0.29) is 0 Å². The minimum atomic E-state index is 0.410. The summed E-state index contributed by atoms with van der Waals surface area (Å²) in [5.41, 5.74) is 1.35. The van der Waals surface area contributed by atoms with Crippen LogP contribution in [0.4, 0.5) is 0 Å².